The fourth-order valence-electron chi connectivity index (χ4n) is 2.12. The number of hydrogen-bond acceptors (Lipinski definition) is 5. The Hall–Kier alpha value is -2.87. The summed E-state index contributed by atoms with van der Waals surface area (Å²) in [6.07, 6.45) is 0. The van der Waals surface area contributed by atoms with E-state index in [-0.39, 0.29) is 28.7 Å². The zero-order valence-electron chi connectivity index (χ0n) is 13.4. The summed E-state index contributed by atoms with van der Waals surface area (Å²) in [5.41, 5.74) is 0.807. The Balaban J connectivity index is 2.08. The van der Waals surface area contributed by atoms with E-state index in [9.17, 15) is 19.3 Å². The molecule has 9 heteroatoms. The van der Waals surface area contributed by atoms with Crippen molar-refractivity contribution >= 4 is 34.6 Å². The van der Waals surface area contributed by atoms with Crippen LogP contribution in [0.3, 0.4) is 0 Å². The van der Waals surface area contributed by atoms with Crippen molar-refractivity contribution in [3.8, 4) is 5.75 Å². The van der Waals surface area contributed by atoms with Crippen LogP contribution in [0.25, 0.3) is 0 Å². The lowest BCUT2D eigenvalue weighted by molar-refractivity contribution is -0.385. The highest BCUT2D eigenvalue weighted by Crippen LogP contribution is 2.32. The average Bonchev–Trinajstić information content (AvgIpc) is 2.55. The van der Waals surface area contributed by atoms with Crippen LogP contribution in [0.5, 0.6) is 5.75 Å². The summed E-state index contributed by atoms with van der Waals surface area (Å²) >= 11 is 5.66. The van der Waals surface area contributed by atoms with E-state index in [2.05, 4.69) is 10.6 Å². The van der Waals surface area contributed by atoms with Gasteiger partial charge in [-0.1, -0.05) is 11.6 Å². The Morgan fingerprint density at radius 3 is 2.64 bits per heavy atom. The van der Waals surface area contributed by atoms with Crippen molar-refractivity contribution < 1.29 is 18.8 Å². The number of hydrogen-bond donors (Lipinski definition) is 2. The van der Waals surface area contributed by atoms with E-state index >= 15 is 0 Å². The topological polar surface area (TPSA) is 93.5 Å². The second-order valence-corrected chi connectivity index (χ2v) is 5.56. The number of halogens is 2. The molecule has 2 aromatic rings. The fourth-order valence-corrected chi connectivity index (χ4v) is 2.28. The number of nitrogens with one attached hydrogen (secondary N) is 2. The average molecular weight is 368 g/mol. The number of nitro groups is 1. The van der Waals surface area contributed by atoms with Gasteiger partial charge in [0.05, 0.1) is 24.3 Å². The number of benzene rings is 2. The summed E-state index contributed by atoms with van der Waals surface area (Å²) in [5, 5.41) is 16.5. The molecule has 0 aliphatic heterocycles. The summed E-state index contributed by atoms with van der Waals surface area (Å²) in [7, 11) is 1.30. The summed E-state index contributed by atoms with van der Waals surface area (Å²) in [4.78, 5) is 22.4. The molecule has 0 aliphatic rings. The van der Waals surface area contributed by atoms with Crippen molar-refractivity contribution in [2.75, 3.05) is 24.3 Å². The first-order valence-electron chi connectivity index (χ1n) is 7.13. The van der Waals surface area contributed by atoms with E-state index in [1.54, 1.807) is 6.92 Å². The SMILES string of the molecule is COc1cc(NC(=O)CNc2ccc(Cl)cc2F)c(C)cc1[N+](=O)[O-]. The van der Waals surface area contributed by atoms with Gasteiger partial charge in [-0.3, -0.25) is 14.9 Å². The minimum absolute atomic E-state index is 0.0302. The van der Waals surface area contributed by atoms with Gasteiger partial charge in [-0.25, -0.2) is 4.39 Å². The van der Waals surface area contributed by atoms with E-state index in [1.807, 2.05) is 0 Å². The van der Waals surface area contributed by atoms with Gasteiger partial charge in [0.25, 0.3) is 0 Å². The van der Waals surface area contributed by atoms with Crippen molar-refractivity contribution in [3.63, 3.8) is 0 Å². The molecular weight excluding hydrogens is 353 g/mol. The quantitative estimate of drug-likeness (QED) is 0.599. The third-order valence-corrected chi connectivity index (χ3v) is 3.60. The molecule has 0 bridgehead atoms. The summed E-state index contributed by atoms with van der Waals surface area (Å²) in [6.45, 7) is 1.42. The minimum atomic E-state index is -0.575. The van der Waals surface area contributed by atoms with Crippen LogP contribution in [0.2, 0.25) is 5.02 Å². The van der Waals surface area contributed by atoms with Crippen LogP contribution < -0.4 is 15.4 Å². The normalized spacial score (nSPS) is 10.2. The predicted octanol–water partition coefficient (Wildman–Crippen LogP) is 3.75. The molecular formula is C16H15ClFN3O4. The first-order valence-corrected chi connectivity index (χ1v) is 7.51. The highest BCUT2D eigenvalue weighted by Gasteiger charge is 2.18. The molecule has 2 N–H and O–H groups in total. The molecule has 1 amide bonds. The smallest absolute Gasteiger partial charge is 0.311 e. The van der Waals surface area contributed by atoms with E-state index in [0.29, 0.717) is 11.3 Å². The zero-order valence-corrected chi connectivity index (χ0v) is 14.2. The van der Waals surface area contributed by atoms with Gasteiger partial charge in [-0.15, -0.1) is 0 Å². The van der Waals surface area contributed by atoms with Gasteiger partial charge >= 0.3 is 5.69 Å². The lowest BCUT2D eigenvalue weighted by Crippen LogP contribution is -2.22. The summed E-state index contributed by atoms with van der Waals surface area (Å²) in [6, 6.07) is 6.73. The van der Waals surface area contributed by atoms with Gasteiger partial charge in [0, 0.05) is 22.8 Å². The molecule has 0 radical (unpaired) electrons. The largest absolute Gasteiger partial charge is 0.490 e. The van der Waals surface area contributed by atoms with Crippen molar-refractivity contribution in [1.29, 1.82) is 0 Å². The minimum Gasteiger partial charge on any atom is -0.490 e. The maximum atomic E-state index is 13.7. The number of nitrogens with zero attached hydrogens (tertiary/aromatic N) is 1. The van der Waals surface area contributed by atoms with Crippen molar-refractivity contribution in [2.24, 2.45) is 0 Å². The number of carbonyl (C=O) groups excluding carboxylic acids is 1. The van der Waals surface area contributed by atoms with Crippen LogP contribution in [0.4, 0.5) is 21.5 Å². The molecule has 0 saturated heterocycles. The molecule has 0 aliphatic carbocycles. The van der Waals surface area contributed by atoms with Crippen molar-refractivity contribution in [2.45, 2.75) is 6.92 Å². The Morgan fingerprint density at radius 2 is 2.04 bits per heavy atom. The molecule has 7 nitrogen and oxygen atoms in total. The molecule has 0 heterocycles. The lowest BCUT2D eigenvalue weighted by atomic mass is 10.1. The van der Waals surface area contributed by atoms with Crippen LogP contribution in [-0.2, 0) is 4.79 Å². The van der Waals surface area contributed by atoms with Gasteiger partial charge in [0.1, 0.15) is 5.82 Å². The number of methoxy groups -OCH3 is 1. The van der Waals surface area contributed by atoms with Crippen LogP contribution in [0, 0.1) is 22.9 Å². The molecule has 0 aromatic heterocycles. The number of carbonyl (C=O) groups is 1. The van der Waals surface area contributed by atoms with E-state index in [1.165, 1.54) is 31.4 Å². The molecule has 0 spiro atoms. The number of rotatable bonds is 6. The first-order chi connectivity index (χ1) is 11.8. The summed E-state index contributed by atoms with van der Waals surface area (Å²) < 4.78 is 18.6. The predicted molar refractivity (Wildman–Crippen MR) is 92.9 cm³/mol. The highest BCUT2D eigenvalue weighted by atomic mass is 35.5. The van der Waals surface area contributed by atoms with E-state index in [4.69, 9.17) is 16.3 Å². The van der Waals surface area contributed by atoms with Gasteiger partial charge in [0.15, 0.2) is 5.75 Å². The molecule has 2 aromatic carbocycles. The lowest BCUT2D eigenvalue weighted by Gasteiger charge is -2.12. The van der Waals surface area contributed by atoms with E-state index in [0.717, 1.165) is 6.07 Å². The number of amides is 1. The van der Waals surface area contributed by atoms with Gasteiger partial charge < -0.3 is 15.4 Å². The Kier molecular flexibility index (Phi) is 5.76. The number of anilines is 2. The molecule has 0 atom stereocenters. The second-order valence-electron chi connectivity index (χ2n) is 5.12. The molecule has 0 saturated carbocycles. The van der Waals surface area contributed by atoms with Crippen molar-refractivity contribution in [3.05, 3.63) is 56.8 Å². The first kappa shape index (κ1) is 18.5. The fraction of sp³-hybridized carbons (Fsp3) is 0.188. The van der Waals surface area contributed by atoms with E-state index < -0.39 is 16.6 Å². The maximum Gasteiger partial charge on any atom is 0.311 e. The molecule has 0 unspecified atom stereocenters. The highest BCUT2D eigenvalue weighted by molar-refractivity contribution is 6.30. The third-order valence-electron chi connectivity index (χ3n) is 3.37. The van der Waals surface area contributed by atoms with Gasteiger partial charge in [0.2, 0.25) is 5.91 Å². The van der Waals surface area contributed by atoms with Gasteiger partial charge in [-0.2, -0.15) is 0 Å². The monoisotopic (exact) mass is 367 g/mol. The Labute approximate surface area is 147 Å². The Bertz CT molecular complexity index is 829. The summed E-state index contributed by atoms with van der Waals surface area (Å²) in [5.74, 6) is -0.996. The number of nitro benzene ring substituents is 1. The zero-order chi connectivity index (χ0) is 18.6. The van der Waals surface area contributed by atoms with Crippen LogP contribution >= 0.6 is 11.6 Å². The number of ether oxygens (including phenoxy) is 1. The second kappa shape index (κ2) is 7.80. The van der Waals surface area contributed by atoms with Crippen LogP contribution in [0.1, 0.15) is 5.56 Å². The van der Waals surface area contributed by atoms with Crippen LogP contribution in [0.15, 0.2) is 30.3 Å². The van der Waals surface area contributed by atoms with Gasteiger partial charge in [-0.05, 0) is 30.7 Å². The third kappa shape index (κ3) is 4.57. The standard InChI is InChI=1S/C16H15ClFN3O4/c1-9-5-14(21(23)24)15(25-2)7-13(9)20-16(22)8-19-12-4-3-10(17)6-11(12)18/h3-7,19H,8H2,1-2H3,(H,20,22). The molecule has 132 valence electrons. The Morgan fingerprint density at radius 1 is 1.32 bits per heavy atom. The molecule has 2 rings (SSSR count). The molecule has 25 heavy (non-hydrogen) atoms. The maximum absolute atomic E-state index is 13.7. The van der Waals surface area contributed by atoms with Crippen LogP contribution in [-0.4, -0.2) is 24.5 Å². The van der Waals surface area contributed by atoms with Crippen molar-refractivity contribution in [1.82, 2.24) is 0 Å². The number of aryl methyl sites for hydroxylation is 1. The molecule has 0 fully saturated rings.